The van der Waals surface area contributed by atoms with Crippen molar-refractivity contribution in [1.82, 2.24) is 9.97 Å². The summed E-state index contributed by atoms with van der Waals surface area (Å²) in [6.45, 7) is 0. The SMILES string of the molecule is CSCCC(Nc1nc(-c2ccccc2)nc2ccccc12)C(=O)O.Cl. The van der Waals surface area contributed by atoms with Gasteiger partial charge >= 0.3 is 5.97 Å². The van der Waals surface area contributed by atoms with E-state index < -0.39 is 12.0 Å². The van der Waals surface area contributed by atoms with Gasteiger partial charge < -0.3 is 10.4 Å². The minimum atomic E-state index is -0.877. The highest BCUT2D eigenvalue weighted by molar-refractivity contribution is 7.98. The first-order chi connectivity index (χ1) is 12.2. The molecule has 1 aromatic heterocycles. The number of thioether (sulfide) groups is 1. The quantitative estimate of drug-likeness (QED) is 0.626. The highest BCUT2D eigenvalue weighted by Crippen LogP contribution is 2.25. The lowest BCUT2D eigenvalue weighted by molar-refractivity contribution is -0.137. The normalized spacial score (nSPS) is 11.6. The van der Waals surface area contributed by atoms with E-state index in [0.29, 0.717) is 18.1 Å². The van der Waals surface area contributed by atoms with Crippen molar-refractivity contribution in [2.24, 2.45) is 0 Å². The number of carboxylic acid groups (broad SMARTS) is 1. The molecule has 0 aliphatic rings. The van der Waals surface area contributed by atoms with Crippen LogP contribution in [0.5, 0.6) is 0 Å². The third-order valence-electron chi connectivity index (χ3n) is 3.85. The monoisotopic (exact) mass is 389 g/mol. The molecule has 0 aliphatic carbocycles. The number of halogens is 1. The van der Waals surface area contributed by atoms with Gasteiger partial charge in [0.1, 0.15) is 11.9 Å². The van der Waals surface area contributed by atoms with Gasteiger partial charge in [-0.15, -0.1) is 12.4 Å². The molecule has 1 unspecified atom stereocenters. The lowest BCUT2D eigenvalue weighted by Gasteiger charge is -2.17. The Morgan fingerprint density at radius 2 is 1.81 bits per heavy atom. The van der Waals surface area contributed by atoms with Crippen LogP contribution in [0.2, 0.25) is 0 Å². The van der Waals surface area contributed by atoms with Crippen molar-refractivity contribution in [3.8, 4) is 11.4 Å². The Hall–Kier alpha value is -2.31. The number of rotatable bonds is 7. The number of hydrogen-bond acceptors (Lipinski definition) is 5. The van der Waals surface area contributed by atoms with Gasteiger partial charge in [0.05, 0.1) is 5.52 Å². The number of carbonyl (C=O) groups is 1. The van der Waals surface area contributed by atoms with Gasteiger partial charge in [0, 0.05) is 10.9 Å². The van der Waals surface area contributed by atoms with Gasteiger partial charge in [0.15, 0.2) is 5.82 Å². The maximum Gasteiger partial charge on any atom is 0.326 e. The fourth-order valence-corrected chi connectivity index (χ4v) is 3.03. The largest absolute Gasteiger partial charge is 0.480 e. The Labute approximate surface area is 162 Å². The van der Waals surface area contributed by atoms with Crippen molar-refractivity contribution >= 4 is 46.9 Å². The molecule has 0 amide bonds. The number of fused-ring (bicyclic) bond motifs is 1. The summed E-state index contributed by atoms with van der Waals surface area (Å²) < 4.78 is 0. The first-order valence-electron chi connectivity index (χ1n) is 7.99. The summed E-state index contributed by atoms with van der Waals surface area (Å²) >= 11 is 1.63. The third kappa shape index (κ3) is 4.65. The lowest BCUT2D eigenvalue weighted by Crippen LogP contribution is -2.30. The summed E-state index contributed by atoms with van der Waals surface area (Å²) in [5.41, 5.74) is 1.68. The van der Waals surface area contributed by atoms with Crippen LogP contribution in [-0.4, -0.2) is 39.1 Å². The Morgan fingerprint density at radius 3 is 2.50 bits per heavy atom. The van der Waals surface area contributed by atoms with Crippen LogP contribution in [-0.2, 0) is 4.79 Å². The lowest BCUT2D eigenvalue weighted by atomic mass is 10.1. The summed E-state index contributed by atoms with van der Waals surface area (Å²) in [4.78, 5) is 20.8. The zero-order chi connectivity index (χ0) is 17.6. The molecule has 0 saturated heterocycles. The minimum absolute atomic E-state index is 0. The molecular formula is C19H20ClN3O2S. The number of aromatic nitrogens is 2. The first-order valence-corrected chi connectivity index (χ1v) is 9.39. The summed E-state index contributed by atoms with van der Waals surface area (Å²) in [6.07, 6.45) is 2.49. The van der Waals surface area contributed by atoms with Crippen LogP contribution in [0.15, 0.2) is 54.6 Å². The topological polar surface area (TPSA) is 75.1 Å². The molecule has 0 saturated carbocycles. The summed E-state index contributed by atoms with van der Waals surface area (Å²) in [6, 6.07) is 16.6. The van der Waals surface area contributed by atoms with Gasteiger partial charge in [0.25, 0.3) is 0 Å². The second-order valence-electron chi connectivity index (χ2n) is 5.60. The van der Waals surface area contributed by atoms with Crippen LogP contribution in [0, 0.1) is 0 Å². The maximum absolute atomic E-state index is 11.6. The molecule has 2 N–H and O–H groups in total. The molecule has 7 heteroatoms. The number of nitrogens with zero attached hydrogens (tertiary/aromatic N) is 2. The number of benzene rings is 2. The van der Waals surface area contributed by atoms with E-state index in [-0.39, 0.29) is 12.4 Å². The molecule has 2 aromatic carbocycles. The van der Waals surface area contributed by atoms with Gasteiger partial charge in [0.2, 0.25) is 0 Å². The Bertz CT molecular complexity index is 877. The molecule has 0 radical (unpaired) electrons. The molecular weight excluding hydrogens is 370 g/mol. The van der Waals surface area contributed by atoms with E-state index in [9.17, 15) is 9.90 Å². The smallest absolute Gasteiger partial charge is 0.326 e. The van der Waals surface area contributed by atoms with Gasteiger partial charge in [-0.25, -0.2) is 14.8 Å². The van der Waals surface area contributed by atoms with Crippen molar-refractivity contribution in [3.05, 3.63) is 54.6 Å². The van der Waals surface area contributed by atoms with Crippen LogP contribution in [0.25, 0.3) is 22.3 Å². The molecule has 0 aliphatic heterocycles. The van der Waals surface area contributed by atoms with Crippen LogP contribution in [0.3, 0.4) is 0 Å². The number of para-hydroxylation sites is 1. The highest BCUT2D eigenvalue weighted by atomic mass is 35.5. The molecule has 1 atom stereocenters. The molecule has 3 rings (SSSR count). The zero-order valence-electron chi connectivity index (χ0n) is 14.3. The molecule has 5 nitrogen and oxygen atoms in total. The Kier molecular flexibility index (Phi) is 7.24. The molecule has 0 spiro atoms. The average molecular weight is 390 g/mol. The Balaban J connectivity index is 0.00000243. The average Bonchev–Trinajstić information content (AvgIpc) is 2.65. The zero-order valence-corrected chi connectivity index (χ0v) is 15.9. The predicted molar refractivity (Wildman–Crippen MR) is 110 cm³/mol. The van der Waals surface area contributed by atoms with Gasteiger partial charge in [-0.3, -0.25) is 0 Å². The maximum atomic E-state index is 11.6. The van der Waals surface area contributed by atoms with E-state index in [1.807, 2.05) is 60.9 Å². The highest BCUT2D eigenvalue weighted by Gasteiger charge is 2.19. The number of nitrogens with one attached hydrogen (secondary N) is 1. The fraction of sp³-hybridized carbons (Fsp3) is 0.211. The van der Waals surface area contributed by atoms with Crippen LogP contribution < -0.4 is 5.32 Å². The summed E-state index contributed by atoms with van der Waals surface area (Å²) in [7, 11) is 0. The molecule has 1 heterocycles. The molecule has 0 bridgehead atoms. The van der Waals surface area contributed by atoms with Gasteiger partial charge in [-0.2, -0.15) is 11.8 Å². The van der Waals surface area contributed by atoms with E-state index in [1.54, 1.807) is 11.8 Å². The van der Waals surface area contributed by atoms with E-state index in [1.165, 1.54) is 0 Å². The molecule has 3 aromatic rings. The van der Waals surface area contributed by atoms with Crippen LogP contribution in [0.4, 0.5) is 5.82 Å². The second kappa shape index (κ2) is 9.40. The predicted octanol–water partition coefficient (Wildman–Crippen LogP) is 4.34. The van der Waals surface area contributed by atoms with Crippen molar-refractivity contribution in [2.75, 3.05) is 17.3 Å². The van der Waals surface area contributed by atoms with Crippen molar-refractivity contribution in [2.45, 2.75) is 12.5 Å². The van der Waals surface area contributed by atoms with Crippen LogP contribution in [0.1, 0.15) is 6.42 Å². The van der Waals surface area contributed by atoms with Crippen LogP contribution >= 0.6 is 24.2 Å². The number of hydrogen-bond donors (Lipinski definition) is 2. The Morgan fingerprint density at radius 1 is 1.12 bits per heavy atom. The van der Waals surface area contributed by atoms with Crippen molar-refractivity contribution in [3.63, 3.8) is 0 Å². The first kappa shape index (κ1) is 20.0. The molecule has 0 fully saturated rings. The number of carboxylic acids is 1. The van der Waals surface area contributed by atoms with E-state index >= 15 is 0 Å². The summed E-state index contributed by atoms with van der Waals surface area (Å²) in [5, 5.41) is 13.4. The van der Waals surface area contributed by atoms with E-state index in [4.69, 9.17) is 0 Å². The molecule has 26 heavy (non-hydrogen) atoms. The summed E-state index contributed by atoms with van der Waals surface area (Å²) in [5.74, 6) is 1.02. The number of anilines is 1. The van der Waals surface area contributed by atoms with E-state index in [0.717, 1.165) is 22.2 Å². The van der Waals surface area contributed by atoms with E-state index in [2.05, 4.69) is 15.3 Å². The molecule has 136 valence electrons. The van der Waals surface area contributed by atoms with Gasteiger partial charge in [-0.05, 0) is 30.6 Å². The number of aliphatic carboxylic acids is 1. The second-order valence-corrected chi connectivity index (χ2v) is 6.58. The fourth-order valence-electron chi connectivity index (χ4n) is 2.56. The van der Waals surface area contributed by atoms with Gasteiger partial charge in [-0.1, -0.05) is 42.5 Å². The third-order valence-corrected chi connectivity index (χ3v) is 4.50. The standard InChI is InChI=1S/C19H19N3O2S.ClH/c1-25-12-11-16(19(23)24)21-18-14-9-5-6-10-15(14)20-17(22-18)13-7-3-2-4-8-13;/h2-10,16H,11-12H2,1H3,(H,23,24)(H,20,21,22);1H. The minimum Gasteiger partial charge on any atom is -0.480 e. The van der Waals surface area contributed by atoms with Crippen molar-refractivity contribution < 1.29 is 9.90 Å². The van der Waals surface area contributed by atoms with Crippen molar-refractivity contribution in [1.29, 1.82) is 0 Å².